The third-order valence-corrected chi connectivity index (χ3v) is 2.55. The van der Waals surface area contributed by atoms with Gasteiger partial charge in [0.05, 0.1) is 12.1 Å². The molecule has 2 N–H and O–H groups in total. The average molecular weight is 230 g/mol. The molecule has 0 spiro atoms. The summed E-state index contributed by atoms with van der Waals surface area (Å²) in [5, 5.41) is 0. The van der Waals surface area contributed by atoms with E-state index in [0.717, 1.165) is 11.1 Å². The molecule has 0 aromatic heterocycles. The van der Waals surface area contributed by atoms with Gasteiger partial charge >= 0.3 is 0 Å². The van der Waals surface area contributed by atoms with E-state index in [1.807, 2.05) is 32.0 Å². The molecule has 1 amide bonds. The van der Waals surface area contributed by atoms with Crippen molar-refractivity contribution >= 4 is 5.91 Å². The van der Waals surface area contributed by atoms with E-state index in [1.165, 1.54) is 0 Å². The Balaban J connectivity index is 3.18. The molecule has 0 aliphatic heterocycles. The Kier molecular flexibility index (Phi) is 4.74. The van der Waals surface area contributed by atoms with Gasteiger partial charge in [-0.2, -0.15) is 0 Å². The second-order valence-corrected chi connectivity index (χ2v) is 3.87. The van der Waals surface area contributed by atoms with Crippen molar-refractivity contribution in [3.63, 3.8) is 0 Å². The van der Waals surface area contributed by atoms with Crippen molar-refractivity contribution in [3.05, 3.63) is 34.9 Å². The largest absolute Gasteiger partial charge is 0.342 e. The van der Waals surface area contributed by atoms with Crippen LogP contribution < -0.4 is 5.73 Å². The first-order valence-electron chi connectivity index (χ1n) is 5.65. The van der Waals surface area contributed by atoms with Crippen LogP contribution >= 0.6 is 0 Å². The summed E-state index contributed by atoms with van der Waals surface area (Å²) in [6.07, 6.45) is 0. The second-order valence-electron chi connectivity index (χ2n) is 3.87. The fraction of sp³-hybridized carbons (Fsp3) is 0.357. The molecule has 1 aromatic carbocycles. The van der Waals surface area contributed by atoms with E-state index in [1.54, 1.807) is 11.9 Å². The van der Waals surface area contributed by atoms with Crippen molar-refractivity contribution in [3.8, 4) is 11.8 Å². The SMILES string of the molecule is CCN(C)C(=O)c1ccc(C)cc1C#CCN. The normalized spacial score (nSPS) is 9.41. The summed E-state index contributed by atoms with van der Waals surface area (Å²) in [6.45, 7) is 4.89. The lowest BCUT2D eigenvalue weighted by Crippen LogP contribution is -2.27. The predicted molar refractivity (Wildman–Crippen MR) is 69.7 cm³/mol. The van der Waals surface area contributed by atoms with Gasteiger partial charge in [-0.3, -0.25) is 4.79 Å². The Morgan fingerprint density at radius 3 is 2.76 bits per heavy atom. The van der Waals surface area contributed by atoms with Crippen LogP contribution in [0.5, 0.6) is 0 Å². The van der Waals surface area contributed by atoms with Gasteiger partial charge < -0.3 is 10.6 Å². The lowest BCUT2D eigenvalue weighted by Gasteiger charge is -2.15. The van der Waals surface area contributed by atoms with Gasteiger partial charge in [0.1, 0.15) is 0 Å². The molecule has 0 radical (unpaired) electrons. The molecular formula is C14H18N2O. The molecule has 0 unspecified atom stereocenters. The number of hydrogen-bond acceptors (Lipinski definition) is 2. The fourth-order valence-corrected chi connectivity index (χ4v) is 1.44. The minimum Gasteiger partial charge on any atom is -0.342 e. The van der Waals surface area contributed by atoms with Crippen LogP contribution in [-0.4, -0.2) is 30.9 Å². The summed E-state index contributed by atoms with van der Waals surface area (Å²) in [7, 11) is 1.78. The molecule has 0 atom stereocenters. The standard InChI is InChI=1S/C14H18N2O/c1-4-16(3)14(17)13-8-7-11(2)10-12(13)6-5-9-15/h7-8,10H,4,9,15H2,1-3H3. The number of nitrogens with zero attached hydrogens (tertiary/aromatic N) is 1. The quantitative estimate of drug-likeness (QED) is 0.781. The third kappa shape index (κ3) is 3.33. The second kappa shape index (κ2) is 6.07. The maximum atomic E-state index is 12.1. The van der Waals surface area contributed by atoms with Crippen molar-refractivity contribution in [1.82, 2.24) is 4.90 Å². The molecule has 0 saturated carbocycles. The summed E-state index contributed by atoms with van der Waals surface area (Å²) in [5.74, 6) is 5.74. The van der Waals surface area contributed by atoms with Crippen molar-refractivity contribution in [1.29, 1.82) is 0 Å². The van der Waals surface area contributed by atoms with Crippen LogP contribution in [0, 0.1) is 18.8 Å². The van der Waals surface area contributed by atoms with Gasteiger partial charge in [-0.05, 0) is 31.5 Å². The summed E-state index contributed by atoms with van der Waals surface area (Å²) in [4.78, 5) is 13.8. The highest BCUT2D eigenvalue weighted by Gasteiger charge is 2.13. The molecule has 0 aliphatic carbocycles. The van der Waals surface area contributed by atoms with E-state index < -0.39 is 0 Å². The Labute approximate surface area is 103 Å². The first kappa shape index (κ1) is 13.3. The Hall–Kier alpha value is -1.79. The Morgan fingerprint density at radius 1 is 1.47 bits per heavy atom. The molecule has 0 saturated heterocycles. The molecule has 0 fully saturated rings. The molecular weight excluding hydrogens is 212 g/mol. The van der Waals surface area contributed by atoms with Gasteiger partial charge in [-0.25, -0.2) is 0 Å². The molecule has 0 heterocycles. The van der Waals surface area contributed by atoms with E-state index in [0.29, 0.717) is 18.7 Å². The molecule has 3 heteroatoms. The van der Waals surface area contributed by atoms with Gasteiger partial charge in [0.2, 0.25) is 0 Å². The van der Waals surface area contributed by atoms with Crippen LogP contribution in [0.25, 0.3) is 0 Å². The summed E-state index contributed by atoms with van der Waals surface area (Å²) < 4.78 is 0. The molecule has 0 aliphatic rings. The van der Waals surface area contributed by atoms with Crippen molar-refractivity contribution in [2.45, 2.75) is 13.8 Å². The minimum absolute atomic E-state index is 0.00572. The zero-order valence-corrected chi connectivity index (χ0v) is 10.6. The summed E-state index contributed by atoms with van der Waals surface area (Å²) >= 11 is 0. The number of benzene rings is 1. The number of carbonyl (C=O) groups excluding carboxylic acids is 1. The zero-order valence-electron chi connectivity index (χ0n) is 10.6. The van der Waals surface area contributed by atoms with Gasteiger partial charge in [-0.15, -0.1) is 0 Å². The highest BCUT2D eigenvalue weighted by Crippen LogP contribution is 2.12. The summed E-state index contributed by atoms with van der Waals surface area (Å²) in [5.41, 5.74) is 7.83. The van der Waals surface area contributed by atoms with E-state index in [2.05, 4.69) is 11.8 Å². The fourth-order valence-electron chi connectivity index (χ4n) is 1.44. The highest BCUT2D eigenvalue weighted by atomic mass is 16.2. The minimum atomic E-state index is -0.00572. The van der Waals surface area contributed by atoms with Crippen LogP contribution in [0.1, 0.15) is 28.4 Å². The first-order chi connectivity index (χ1) is 8.10. The maximum Gasteiger partial charge on any atom is 0.254 e. The van der Waals surface area contributed by atoms with Gasteiger partial charge in [0.25, 0.3) is 5.91 Å². The number of rotatable bonds is 2. The molecule has 17 heavy (non-hydrogen) atoms. The van der Waals surface area contributed by atoms with Crippen LogP contribution in [0.3, 0.4) is 0 Å². The van der Waals surface area contributed by atoms with Gasteiger partial charge in [0, 0.05) is 19.2 Å². The Bertz CT molecular complexity index is 469. The molecule has 1 aromatic rings. The maximum absolute atomic E-state index is 12.1. The van der Waals surface area contributed by atoms with E-state index >= 15 is 0 Å². The molecule has 0 bridgehead atoms. The smallest absolute Gasteiger partial charge is 0.254 e. The lowest BCUT2D eigenvalue weighted by molar-refractivity contribution is 0.0802. The number of hydrogen-bond donors (Lipinski definition) is 1. The zero-order chi connectivity index (χ0) is 12.8. The number of carbonyl (C=O) groups is 1. The first-order valence-corrected chi connectivity index (χ1v) is 5.65. The van der Waals surface area contributed by atoms with Crippen LogP contribution in [0.2, 0.25) is 0 Å². The third-order valence-electron chi connectivity index (χ3n) is 2.55. The molecule has 1 rings (SSSR count). The van der Waals surface area contributed by atoms with Gasteiger partial charge in [-0.1, -0.05) is 17.9 Å². The van der Waals surface area contributed by atoms with Crippen molar-refractivity contribution in [2.75, 3.05) is 20.1 Å². The predicted octanol–water partition coefficient (Wildman–Crippen LogP) is 1.40. The topological polar surface area (TPSA) is 46.3 Å². The highest BCUT2D eigenvalue weighted by molar-refractivity contribution is 5.96. The van der Waals surface area contributed by atoms with Gasteiger partial charge in [0.15, 0.2) is 0 Å². The molecule has 3 nitrogen and oxygen atoms in total. The van der Waals surface area contributed by atoms with Crippen molar-refractivity contribution < 1.29 is 4.79 Å². The van der Waals surface area contributed by atoms with E-state index in [9.17, 15) is 4.79 Å². The van der Waals surface area contributed by atoms with Crippen LogP contribution in [0.4, 0.5) is 0 Å². The number of amides is 1. The molecule has 90 valence electrons. The van der Waals surface area contributed by atoms with Crippen LogP contribution in [-0.2, 0) is 0 Å². The number of aryl methyl sites for hydroxylation is 1. The lowest BCUT2D eigenvalue weighted by atomic mass is 10.0. The monoisotopic (exact) mass is 230 g/mol. The van der Waals surface area contributed by atoms with E-state index in [-0.39, 0.29) is 5.91 Å². The van der Waals surface area contributed by atoms with Crippen molar-refractivity contribution in [2.24, 2.45) is 5.73 Å². The van der Waals surface area contributed by atoms with Crippen LogP contribution in [0.15, 0.2) is 18.2 Å². The Morgan fingerprint density at radius 2 is 2.18 bits per heavy atom. The summed E-state index contributed by atoms with van der Waals surface area (Å²) in [6, 6.07) is 5.66. The number of nitrogens with two attached hydrogens (primary N) is 1. The average Bonchev–Trinajstić information content (AvgIpc) is 2.34. The van der Waals surface area contributed by atoms with E-state index in [4.69, 9.17) is 5.73 Å².